The van der Waals surface area contributed by atoms with Crippen LogP contribution in [0.5, 0.6) is 0 Å². The third-order valence-electron chi connectivity index (χ3n) is 1.16. The molecule has 0 radical (unpaired) electrons. The van der Waals surface area contributed by atoms with Crippen molar-refractivity contribution in [3.8, 4) is 0 Å². The van der Waals surface area contributed by atoms with Gasteiger partial charge in [-0.2, -0.15) is 30.4 Å². The van der Waals surface area contributed by atoms with Crippen LogP contribution in [-0.2, 0) is 14.9 Å². The Hall–Kier alpha value is -0.240. The van der Waals surface area contributed by atoms with Gasteiger partial charge >= 0.3 is 25.5 Å². The van der Waals surface area contributed by atoms with E-state index in [-0.39, 0.29) is 0 Å². The molecule has 0 aromatic rings. The highest BCUT2D eigenvalue weighted by Gasteiger charge is 2.65. The maximum Gasteiger partial charge on any atom is 0.432 e. The third kappa shape index (κ3) is 3.65. The Morgan fingerprint density at radius 1 is 1.25 bits per heavy atom. The molecule has 0 aliphatic heterocycles. The Bertz CT molecular complexity index is 375. The van der Waals surface area contributed by atoms with Gasteiger partial charge in [-0.25, -0.2) is 4.79 Å². The Morgan fingerprint density at radius 2 is 1.62 bits per heavy atom. The molecule has 0 aliphatic rings. The highest BCUT2D eigenvalue weighted by Crippen LogP contribution is 2.38. The molecule has 0 fully saturated rings. The smallest absolute Gasteiger partial charge is 0.432 e. The second-order valence-corrected chi connectivity index (χ2v) is 4.69. The predicted octanol–water partition coefficient (Wildman–Crippen LogP) is 1.97. The fraction of sp³-hybridized carbons (Fsp3) is 0.750. The first-order valence-electron chi connectivity index (χ1n) is 3.08. The fourth-order valence-electron chi connectivity index (χ4n) is 0.554. The van der Waals surface area contributed by atoms with Crippen molar-refractivity contribution in [2.24, 2.45) is 0 Å². The van der Waals surface area contributed by atoms with Crippen molar-refractivity contribution in [1.29, 1.82) is 0 Å². The quantitative estimate of drug-likeness (QED) is 0.349. The molecule has 16 heavy (non-hydrogen) atoms. The van der Waals surface area contributed by atoms with Crippen molar-refractivity contribution >= 4 is 36.7 Å². The molecule has 96 valence electrons. The highest BCUT2D eigenvalue weighted by atomic mass is 127. The summed E-state index contributed by atoms with van der Waals surface area (Å²) in [6, 6.07) is 0. The summed E-state index contributed by atoms with van der Waals surface area (Å²) in [4.78, 5) is 10.1. The molecule has 0 aliphatic carbocycles. The van der Waals surface area contributed by atoms with Crippen molar-refractivity contribution in [1.82, 2.24) is 0 Å². The van der Waals surface area contributed by atoms with Gasteiger partial charge in [-0.05, 0) is 0 Å². The van der Waals surface area contributed by atoms with Gasteiger partial charge in [-0.3, -0.25) is 4.55 Å². The third-order valence-corrected chi connectivity index (χ3v) is 2.31. The van der Waals surface area contributed by atoms with Crippen LogP contribution in [0.2, 0.25) is 0 Å². The molecule has 0 spiro atoms. The summed E-state index contributed by atoms with van der Waals surface area (Å²) >= 11 is 0.595. The van der Waals surface area contributed by atoms with E-state index in [0.717, 1.165) is 0 Å². The number of alkyl halides is 5. The molecule has 1 N–H and O–H groups in total. The topological polar surface area (TPSA) is 80.7 Å². The molecule has 12 heteroatoms. The molecule has 1 atom stereocenters. The average Bonchev–Trinajstić information content (AvgIpc) is 1.95. The van der Waals surface area contributed by atoms with E-state index in [4.69, 9.17) is 4.55 Å². The maximum absolute atomic E-state index is 12.6. The number of hydrogen-bond donors (Lipinski definition) is 1. The fourth-order valence-corrected chi connectivity index (χ4v) is 1.26. The van der Waals surface area contributed by atoms with Crippen LogP contribution in [0.15, 0.2) is 0 Å². The van der Waals surface area contributed by atoms with E-state index in [9.17, 15) is 35.2 Å². The molecule has 0 aromatic heterocycles. The molecule has 0 rings (SSSR count). The van der Waals surface area contributed by atoms with E-state index in [0.29, 0.717) is 22.6 Å². The van der Waals surface area contributed by atoms with E-state index in [2.05, 4.69) is 4.74 Å². The SMILES string of the molecule is O=C(I)OC(C(F)(F)F)C(F)(F)S(=O)(=O)O. The largest absolute Gasteiger partial charge is 0.437 e. The van der Waals surface area contributed by atoms with Crippen LogP contribution in [0, 0.1) is 0 Å². The molecule has 5 nitrogen and oxygen atoms in total. The van der Waals surface area contributed by atoms with E-state index in [1.807, 2.05) is 0 Å². The van der Waals surface area contributed by atoms with E-state index in [1.54, 1.807) is 0 Å². The van der Waals surface area contributed by atoms with E-state index < -0.39 is 31.6 Å². The molecule has 0 amide bonds. The molecule has 1 unspecified atom stereocenters. The number of carbonyl (C=O) groups excluding carboxylic acids is 1. The summed E-state index contributed by atoms with van der Waals surface area (Å²) in [7, 11) is -6.36. The lowest BCUT2D eigenvalue weighted by Crippen LogP contribution is -2.51. The minimum absolute atomic E-state index is 0.595. The Labute approximate surface area is 98.8 Å². The number of rotatable bonds is 3. The Kier molecular flexibility index (Phi) is 4.49. The summed E-state index contributed by atoms with van der Waals surface area (Å²) in [5, 5.41) is -5.67. The van der Waals surface area contributed by atoms with E-state index >= 15 is 0 Å². The average molecular weight is 384 g/mol. The van der Waals surface area contributed by atoms with Crippen molar-refractivity contribution < 1.29 is 44.5 Å². The zero-order valence-electron chi connectivity index (χ0n) is 6.83. The molecule has 0 heterocycles. The van der Waals surface area contributed by atoms with Crippen molar-refractivity contribution in [2.45, 2.75) is 17.5 Å². The van der Waals surface area contributed by atoms with Gasteiger partial charge < -0.3 is 4.74 Å². The standard InChI is InChI=1S/C4H2F5IO5S/c5-3(6,7)1(15-2(10)11)4(8,9)16(12,13)14/h1H,(H,12,13,14). The lowest BCUT2D eigenvalue weighted by molar-refractivity contribution is -0.244. The van der Waals surface area contributed by atoms with Crippen LogP contribution in [0.25, 0.3) is 0 Å². The Balaban J connectivity index is 5.45. The minimum Gasteiger partial charge on any atom is -0.437 e. The number of halogens is 6. The number of hydrogen-bond acceptors (Lipinski definition) is 4. The molecule has 0 saturated heterocycles. The van der Waals surface area contributed by atoms with E-state index in [1.165, 1.54) is 0 Å². The van der Waals surface area contributed by atoms with Gasteiger partial charge in [0, 0.05) is 0 Å². The summed E-state index contributed by atoms with van der Waals surface area (Å²) in [5.74, 6) is 0. The summed E-state index contributed by atoms with van der Waals surface area (Å²) < 4.78 is 90.5. The predicted molar refractivity (Wildman–Crippen MR) is 46.8 cm³/mol. The van der Waals surface area contributed by atoms with Gasteiger partial charge in [0.15, 0.2) is 0 Å². The van der Waals surface area contributed by atoms with Gasteiger partial charge in [0.05, 0.1) is 22.6 Å². The first-order chi connectivity index (χ1) is 6.80. The molecule has 0 saturated carbocycles. The molecular formula is C4H2F5IO5S. The van der Waals surface area contributed by atoms with Crippen molar-refractivity contribution in [2.75, 3.05) is 0 Å². The van der Waals surface area contributed by atoms with Crippen LogP contribution in [0.4, 0.5) is 26.7 Å². The van der Waals surface area contributed by atoms with Gasteiger partial charge in [0.1, 0.15) is 0 Å². The summed E-state index contributed by atoms with van der Waals surface area (Å²) in [6.07, 6.45) is -10.1. The molecular weight excluding hydrogens is 382 g/mol. The molecule has 0 aromatic carbocycles. The monoisotopic (exact) mass is 384 g/mol. The van der Waals surface area contributed by atoms with Crippen LogP contribution in [0.3, 0.4) is 0 Å². The van der Waals surface area contributed by atoms with Crippen LogP contribution < -0.4 is 0 Å². The van der Waals surface area contributed by atoms with Gasteiger partial charge in [-0.15, -0.1) is 0 Å². The summed E-state index contributed by atoms with van der Waals surface area (Å²) in [5.41, 5.74) is 0. The summed E-state index contributed by atoms with van der Waals surface area (Å²) in [6.45, 7) is 0. The number of ether oxygens (including phenoxy) is 1. The van der Waals surface area contributed by atoms with Gasteiger partial charge in [0.25, 0.3) is 6.10 Å². The lowest BCUT2D eigenvalue weighted by Gasteiger charge is -2.25. The number of carbonyl (C=O) groups is 1. The second-order valence-electron chi connectivity index (χ2n) is 2.31. The van der Waals surface area contributed by atoms with Crippen molar-refractivity contribution in [3.63, 3.8) is 0 Å². The second kappa shape index (κ2) is 4.56. The zero-order valence-corrected chi connectivity index (χ0v) is 9.81. The Morgan fingerprint density at radius 3 is 1.81 bits per heavy atom. The first kappa shape index (κ1) is 15.8. The van der Waals surface area contributed by atoms with Gasteiger partial charge in [0.2, 0.25) is 0 Å². The van der Waals surface area contributed by atoms with Crippen LogP contribution >= 0.6 is 22.6 Å². The van der Waals surface area contributed by atoms with Crippen LogP contribution in [-0.4, -0.2) is 34.5 Å². The van der Waals surface area contributed by atoms with Crippen molar-refractivity contribution in [3.05, 3.63) is 0 Å². The van der Waals surface area contributed by atoms with Gasteiger partial charge in [-0.1, -0.05) is 0 Å². The highest BCUT2D eigenvalue weighted by molar-refractivity contribution is 14.1. The normalized spacial score (nSPS) is 15.7. The zero-order chi connectivity index (χ0) is 13.4. The molecule has 0 bridgehead atoms. The first-order valence-corrected chi connectivity index (χ1v) is 5.59. The van der Waals surface area contributed by atoms with Crippen LogP contribution in [0.1, 0.15) is 0 Å². The lowest BCUT2D eigenvalue weighted by atomic mass is 10.3. The minimum atomic E-state index is -6.36. The maximum atomic E-state index is 12.6.